The molecule has 0 saturated carbocycles. The third-order valence-corrected chi connectivity index (χ3v) is 6.33. The van der Waals surface area contributed by atoms with Crippen molar-refractivity contribution < 1.29 is 22.7 Å². The number of methoxy groups -OCH3 is 2. The highest BCUT2D eigenvalue weighted by Crippen LogP contribution is 2.44. The first-order valence-electron chi connectivity index (χ1n) is 7.96. The molecule has 1 aliphatic rings. The Bertz CT molecular complexity index is 830. The molecule has 1 N–H and O–H groups in total. The highest BCUT2D eigenvalue weighted by molar-refractivity contribution is 7.97. The molecule has 0 bridgehead atoms. The van der Waals surface area contributed by atoms with Crippen LogP contribution in [-0.2, 0) is 14.8 Å². The van der Waals surface area contributed by atoms with E-state index in [2.05, 4.69) is 5.32 Å². The second kappa shape index (κ2) is 6.95. The Labute approximate surface area is 148 Å². The third-order valence-electron chi connectivity index (χ3n) is 4.40. The first-order valence-corrected chi connectivity index (χ1v) is 9.40. The van der Waals surface area contributed by atoms with Gasteiger partial charge in [0.05, 0.1) is 19.9 Å². The van der Waals surface area contributed by atoms with Crippen LogP contribution in [0, 0.1) is 0 Å². The minimum Gasteiger partial charge on any atom is -0.493 e. The topological polar surface area (TPSA) is 84.9 Å². The van der Waals surface area contributed by atoms with Gasteiger partial charge in [-0.2, -0.15) is 0 Å². The molecule has 1 aromatic carbocycles. The summed E-state index contributed by atoms with van der Waals surface area (Å²) in [4.78, 5) is 12.4. The van der Waals surface area contributed by atoms with Crippen LogP contribution < -0.4 is 19.1 Å². The van der Waals surface area contributed by atoms with Gasteiger partial charge in [-0.1, -0.05) is 6.92 Å². The molecule has 2 rings (SSSR count). The summed E-state index contributed by atoms with van der Waals surface area (Å²) >= 11 is 0. The van der Waals surface area contributed by atoms with Gasteiger partial charge in [-0.3, -0.25) is 9.10 Å². The van der Waals surface area contributed by atoms with Crippen LogP contribution in [0.3, 0.4) is 0 Å². The summed E-state index contributed by atoms with van der Waals surface area (Å²) < 4.78 is 37.4. The minimum atomic E-state index is -3.96. The number of ether oxygens (including phenoxy) is 2. The van der Waals surface area contributed by atoms with Gasteiger partial charge in [-0.05, 0) is 31.9 Å². The molecule has 1 aromatic rings. The number of carbonyl (C=O) groups is 1. The highest BCUT2D eigenvalue weighted by atomic mass is 32.2. The van der Waals surface area contributed by atoms with Crippen molar-refractivity contribution in [3.8, 4) is 11.5 Å². The molecule has 1 amide bonds. The lowest BCUT2D eigenvalue weighted by molar-refractivity contribution is -0.117. The van der Waals surface area contributed by atoms with Crippen LogP contribution in [0.5, 0.6) is 11.5 Å². The van der Waals surface area contributed by atoms with E-state index in [1.807, 2.05) is 13.8 Å². The normalized spacial score (nSPS) is 17.0. The van der Waals surface area contributed by atoms with Gasteiger partial charge in [0.2, 0.25) is 0 Å². The molecule has 0 saturated heterocycles. The largest absolute Gasteiger partial charge is 0.493 e. The van der Waals surface area contributed by atoms with Crippen molar-refractivity contribution in [3.63, 3.8) is 0 Å². The average Bonchev–Trinajstić information content (AvgIpc) is 2.58. The number of allylic oxidation sites excluding steroid dienone is 1. The Kier molecular flexibility index (Phi) is 5.31. The van der Waals surface area contributed by atoms with Crippen molar-refractivity contribution >= 4 is 27.2 Å². The van der Waals surface area contributed by atoms with Gasteiger partial charge < -0.3 is 14.8 Å². The van der Waals surface area contributed by atoms with E-state index < -0.39 is 15.9 Å². The Morgan fingerprint density at radius 2 is 1.80 bits per heavy atom. The van der Waals surface area contributed by atoms with Gasteiger partial charge in [0.1, 0.15) is 0 Å². The summed E-state index contributed by atoms with van der Waals surface area (Å²) in [7, 11) is 0.446. The molecule has 0 aliphatic carbocycles. The van der Waals surface area contributed by atoms with E-state index in [1.165, 1.54) is 21.3 Å². The summed E-state index contributed by atoms with van der Waals surface area (Å²) in [6.45, 7) is 5.37. The predicted molar refractivity (Wildman–Crippen MR) is 97.4 cm³/mol. The zero-order chi connectivity index (χ0) is 18.9. The fourth-order valence-corrected chi connectivity index (χ4v) is 4.16. The predicted octanol–water partition coefficient (Wildman–Crippen LogP) is 2.13. The summed E-state index contributed by atoms with van der Waals surface area (Å²) in [5.74, 6) is 0.290. The van der Waals surface area contributed by atoms with Crippen LogP contribution in [0.15, 0.2) is 17.0 Å². The molecule has 0 unspecified atom stereocenters. The number of fused-ring (bicyclic) bond motifs is 1. The second-order valence-electron chi connectivity index (χ2n) is 5.93. The number of sulfonamides is 1. The molecule has 0 fully saturated rings. The van der Waals surface area contributed by atoms with Crippen molar-refractivity contribution in [2.75, 3.05) is 25.6 Å². The van der Waals surface area contributed by atoms with Crippen LogP contribution in [0.1, 0.15) is 32.8 Å². The highest BCUT2D eigenvalue weighted by Gasteiger charge is 2.38. The van der Waals surface area contributed by atoms with E-state index in [1.54, 1.807) is 19.1 Å². The van der Waals surface area contributed by atoms with E-state index in [0.29, 0.717) is 34.7 Å². The minimum absolute atomic E-state index is 0.125. The maximum absolute atomic E-state index is 12.9. The molecule has 138 valence electrons. The fourth-order valence-electron chi connectivity index (χ4n) is 2.69. The zero-order valence-electron chi connectivity index (χ0n) is 15.3. The first kappa shape index (κ1) is 19.1. The quantitative estimate of drug-likeness (QED) is 0.861. The number of rotatable bonds is 5. The zero-order valence-corrected chi connectivity index (χ0v) is 16.2. The summed E-state index contributed by atoms with van der Waals surface area (Å²) in [5, 5.41) is 2.73. The van der Waals surface area contributed by atoms with Gasteiger partial charge in [0.15, 0.2) is 16.4 Å². The van der Waals surface area contributed by atoms with Crippen LogP contribution in [0.4, 0.5) is 5.69 Å². The average molecular weight is 368 g/mol. The van der Waals surface area contributed by atoms with Crippen molar-refractivity contribution in [1.29, 1.82) is 0 Å². The number of nitrogens with zero attached hydrogens (tertiary/aromatic N) is 1. The molecule has 0 aromatic heterocycles. The van der Waals surface area contributed by atoms with Gasteiger partial charge in [-0.25, -0.2) is 8.42 Å². The number of benzene rings is 1. The lowest BCUT2D eigenvalue weighted by Crippen LogP contribution is -2.41. The maximum Gasteiger partial charge on any atom is 0.269 e. The van der Waals surface area contributed by atoms with Gasteiger partial charge >= 0.3 is 0 Å². The first-order chi connectivity index (χ1) is 11.7. The molecular weight excluding hydrogens is 344 g/mol. The summed E-state index contributed by atoms with van der Waals surface area (Å²) in [6, 6.07) is 3.16. The Balaban J connectivity index is 2.70. The van der Waals surface area contributed by atoms with E-state index in [4.69, 9.17) is 9.47 Å². The molecule has 7 nitrogen and oxygen atoms in total. The van der Waals surface area contributed by atoms with Gasteiger partial charge in [0, 0.05) is 24.7 Å². The molecule has 1 heterocycles. The smallest absolute Gasteiger partial charge is 0.269 e. The molecule has 25 heavy (non-hydrogen) atoms. The molecule has 1 atom stereocenters. The van der Waals surface area contributed by atoms with E-state index in [0.717, 1.165) is 4.31 Å². The van der Waals surface area contributed by atoms with Crippen molar-refractivity contribution in [2.24, 2.45) is 0 Å². The Morgan fingerprint density at radius 1 is 1.24 bits per heavy atom. The summed E-state index contributed by atoms with van der Waals surface area (Å²) in [6.07, 6.45) is 0.704. The number of hydrogen-bond donors (Lipinski definition) is 1. The molecule has 0 radical (unpaired) electrons. The number of anilines is 1. The van der Waals surface area contributed by atoms with Crippen LogP contribution >= 0.6 is 0 Å². The lowest BCUT2D eigenvalue weighted by atomic mass is 10.0. The van der Waals surface area contributed by atoms with Gasteiger partial charge in [0.25, 0.3) is 15.9 Å². The van der Waals surface area contributed by atoms with E-state index in [-0.39, 0.29) is 10.9 Å². The maximum atomic E-state index is 12.9. The molecule has 1 aliphatic heterocycles. The van der Waals surface area contributed by atoms with E-state index >= 15 is 0 Å². The molecule has 0 spiro atoms. The number of nitrogens with one attached hydrogen (secondary N) is 1. The number of hydrogen-bond acceptors (Lipinski definition) is 5. The lowest BCUT2D eigenvalue weighted by Gasteiger charge is -2.30. The second-order valence-corrected chi connectivity index (χ2v) is 7.84. The van der Waals surface area contributed by atoms with E-state index in [9.17, 15) is 13.2 Å². The van der Waals surface area contributed by atoms with Crippen LogP contribution in [-0.4, -0.2) is 41.6 Å². The number of carbonyl (C=O) groups excluding carboxylic acids is 1. The van der Waals surface area contributed by atoms with Crippen LogP contribution in [0.2, 0.25) is 0 Å². The fraction of sp³-hybridized carbons (Fsp3) is 0.471. The Hall–Kier alpha value is -2.22. The molecule has 8 heteroatoms. The standard InChI is InChI=1S/C17H24N2O5S/c1-7-10(2)18-17(20)16-11(3)12-8-14(23-5)15(24-6)9-13(12)19(4)25(16,21)22/h8-10H,7H2,1-6H3,(H,18,20)/t10-/m0/s1. The summed E-state index contributed by atoms with van der Waals surface area (Å²) in [5.41, 5.74) is 1.44. The monoisotopic (exact) mass is 368 g/mol. The molecular formula is C17H24N2O5S. The van der Waals surface area contributed by atoms with Crippen molar-refractivity contribution in [2.45, 2.75) is 33.2 Å². The number of amides is 1. The van der Waals surface area contributed by atoms with Crippen molar-refractivity contribution in [3.05, 3.63) is 22.6 Å². The van der Waals surface area contributed by atoms with Crippen molar-refractivity contribution in [1.82, 2.24) is 5.32 Å². The SMILES string of the molecule is CC[C@H](C)NC(=O)C1=C(C)c2cc(OC)c(OC)cc2N(C)S1(=O)=O. The Morgan fingerprint density at radius 3 is 2.32 bits per heavy atom. The van der Waals surface area contributed by atoms with Gasteiger partial charge in [-0.15, -0.1) is 0 Å². The third kappa shape index (κ3) is 3.18. The van der Waals surface area contributed by atoms with Crippen LogP contribution in [0.25, 0.3) is 5.57 Å².